The Bertz CT molecular complexity index is 716. The fourth-order valence-electron chi connectivity index (χ4n) is 2.79. The van der Waals surface area contributed by atoms with Crippen LogP contribution in [0.4, 0.5) is 0 Å². The Hall–Kier alpha value is -2.43. The molecule has 5 heteroatoms. The number of rotatable bonds is 2. The summed E-state index contributed by atoms with van der Waals surface area (Å²) in [7, 11) is 0. The molecular weight excluding hydrogens is 266 g/mol. The average molecular weight is 283 g/mol. The Balaban J connectivity index is 2.14. The third kappa shape index (κ3) is 2.05. The fraction of sp³-hybridized carbons (Fsp3) is 0.312. The number of benzene rings is 1. The maximum Gasteiger partial charge on any atom is 0.236 e. The second kappa shape index (κ2) is 4.55. The molecule has 1 aromatic carbocycles. The number of hydrogen-bond acceptors (Lipinski definition) is 3. The summed E-state index contributed by atoms with van der Waals surface area (Å²) in [6, 6.07) is 9.57. The van der Waals surface area contributed by atoms with Crippen LogP contribution in [0.15, 0.2) is 30.3 Å². The summed E-state index contributed by atoms with van der Waals surface area (Å²) < 4.78 is 0. The number of H-pyrrole nitrogens is 1. The van der Waals surface area contributed by atoms with Crippen LogP contribution in [0.5, 0.6) is 0 Å². The van der Waals surface area contributed by atoms with Gasteiger partial charge in [-0.3, -0.25) is 14.7 Å². The van der Waals surface area contributed by atoms with Crippen LogP contribution in [0.25, 0.3) is 11.3 Å². The van der Waals surface area contributed by atoms with Crippen molar-refractivity contribution in [2.45, 2.75) is 32.2 Å². The van der Waals surface area contributed by atoms with Crippen molar-refractivity contribution < 1.29 is 9.59 Å². The minimum absolute atomic E-state index is 0.116. The predicted molar refractivity (Wildman–Crippen MR) is 78.7 cm³/mol. The van der Waals surface area contributed by atoms with Crippen molar-refractivity contribution in [2.24, 2.45) is 0 Å². The maximum atomic E-state index is 12.5. The summed E-state index contributed by atoms with van der Waals surface area (Å²) in [5.74, 6) is -1.17. The lowest BCUT2D eigenvalue weighted by Crippen LogP contribution is -2.39. The van der Waals surface area contributed by atoms with Crippen LogP contribution in [0.1, 0.15) is 31.0 Å². The first-order chi connectivity index (χ1) is 9.92. The first kappa shape index (κ1) is 13.5. The topological polar surface area (TPSA) is 74.8 Å². The molecule has 0 aliphatic carbocycles. The Labute approximate surface area is 122 Å². The van der Waals surface area contributed by atoms with E-state index >= 15 is 0 Å². The highest BCUT2D eigenvalue weighted by molar-refractivity contribution is 6.17. The first-order valence-electron chi connectivity index (χ1n) is 6.88. The van der Waals surface area contributed by atoms with Gasteiger partial charge in [0.15, 0.2) is 5.78 Å². The van der Waals surface area contributed by atoms with Gasteiger partial charge in [0.1, 0.15) is 5.92 Å². The molecule has 1 atom stereocenters. The normalized spacial score (nSPS) is 20.6. The van der Waals surface area contributed by atoms with Gasteiger partial charge in [-0.2, -0.15) is 5.10 Å². The second-order valence-corrected chi connectivity index (χ2v) is 5.89. The van der Waals surface area contributed by atoms with Gasteiger partial charge in [-0.15, -0.1) is 0 Å². The Kier molecular flexibility index (Phi) is 2.93. The summed E-state index contributed by atoms with van der Waals surface area (Å²) in [6.07, 6.45) is 0. The van der Waals surface area contributed by atoms with Crippen LogP contribution in [-0.4, -0.2) is 27.4 Å². The number of amides is 1. The van der Waals surface area contributed by atoms with E-state index in [1.807, 2.05) is 37.3 Å². The first-order valence-corrected chi connectivity index (χ1v) is 6.88. The molecule has 0 radical (unpaired) electrons. The number of carbonyl (C=O) groups is 2. The highest BCUT2D eigenvalue weighted by Gasteiger charge is 2.49. The fourth-order valence-corrected chi connectivity index (χ4v) is 2.79. The highest BCUT2D eigenvalue weighted by atomic mass is 16.2. The summed E-state index contributed by atoms with van der Waals surface area (Å²) in [6.45, 7) is 5.29. The molecule has 1 aromatic heterocycles. The maximum absolute atomic E-state index is 12.5. The second-order valence-electron chi connectivity index (χ2n) is 5.89. The number of Topliss-reactive ketones (excluding diaryl/α,β-unsaturated/α-hetero) is 1. The molecule has 1 fully saturated rings. The molecule has 0 saturated carbocycles. The van der Waals surface area contributed by atoms with Crippen molar-refractivity contribution in [1.82, 2.24) is 15.5 Å². The molecule has 2 aromatic rings. The van der Waals surface area contributed by atoms with Gasteiger partial charge in [0.2, 0.25) is 5.91 Å². The Morgan fingerprint density at radius 2 is 1.81 bits per heavy atom. The van der Waals surface area contributed by atoms with Gasteiger partial charge in [-0.25, -0.2) is 0 Å². The molecule has 2 heterocycles. The van der Waals surface area contributed by atoms with Crippen molar-refractivity contribution in [3.8, 4) is 11.3 Å². The molecule has 1 unspecified atom stereocenters. The molecular formula is C16H17N3O2. The van der Waals surface area contributed by atoms with Crippen LogP contribution in [-0.2, 0) is 9.59 Å². The molecule has 2 N–H and O–H groups in total. The monoisotopic (exact) mass is 283 g/mol. The minimum Gasteiger partial charge on any atom is -0.343 e. The quantitative estimate of drug-likeness (QED) is 0.827. The van der Waals surface area contributed by atoms with E-state index < -0.39 is 11.5 Å². The standard InChI is InChI=1S/C16H17N3O2/c1-9-11(12-14(20)16(2,3)17-15(12)21)13(19-18-9)10-7-5-4-6-8-10/h4-8,12H,1-3H3,(H,17,21)(H,18,19). The van der Waals surface area contributed by atoms with E-state index in [1.54, 1.807) is 13.8 Å². The van der Waals surface area contributed by atoms with E-state index in [0.717, 1.165) is 11.3 Å². The Morgan fingerprint density at radius 3 is 2.38 bits per heavy atom. The molecule has 108 valence electrons. The van der Waals surface area contributed by atoms with Crippen molar-refractivity contribution in [3.63, 3.8) is 0 Å². The third-order valence-corrected chi connectivity index (χ3v) is 3.91. The van der Waals surface area contributed by atoms with Crippen LogP contribution in [0.3, 0.4) is 0 Å². The summed E-state index contributed by atoms with van der Waals surface area (Å²) >= 11 is 0. The van der Waals surface area contributed by atoms with Gasteiger partial charge in [0.05, 0.1) is 11.2 Å². The number of nitrogens with one attached hydrogen (secondary N) is 2. The van der Waals surface area contributed by atoms with Crippen molar-refractivity contribution in [3.05, 3.63) is 41.6 Å². The molecule has 0 spiro atoms. The molecule has 1 saturated heterocycles. The Morgan fingerprint density at radius 1 is 1.14 bits per heavy atom. The number of aromatic nitrogens is 2. The van der Waals surface area contributed by atoms with E-state index in [4.69, 9.17) is 0 Å². The minimum atomic E-state index is -0.834. The zero-order chi connectivity index (χ0) is 15.2. The van der Waals surface area contributed by atoms with E-state index in [1.165, 1.54) is 0 Å². The van der Waals surface area contributed by atoms with Crippen molar-refractivity contribution in [2.75, 3.05) is 0 Å². The van der Waals surface area contributed by atoms with Crippen molar-refractivity contribution >= 4 is 11.7 Å². The molecule has 1 aliphatic heterocycles. The van der Waals surface area contributed by atoms with Gasteiger partial charge in [-0.05, 0) is 20.8 Å². The number of carbonyl (C=O) groups excluding carboxylic acids is 2. The lowest BCUT2D eigenvalue weighted by molar-refractivity contribution is -0.125. The zero-order valence-electron chi connectivity index (χ0n) is 12.2. The SMILES string of the molecule is Cc1[nH]nc(-c2ccccc2)c1C1C(=O)NC(C)(C)C1=O. The van der Waals surface area contributed by atoms with Gasteiger partial charge in [0.25, 0.3) is 0 Å². The number of aromatic amines is 1. The predicted octanol–water partition coefficient (Wildman–Crippen LogP) is 1.95. The molecule has 0 bridgehead atoms. The summed E-state index contributed by atoms with van der Waals surface area (Å²) in [5, 5.41) is 9.95. The molecule has 1 amide bonds. The van der Waals surface area contributed by atoms with E-state index in [2.05, 4.69) is 15.5 Å². The highest BCUT2D eigenvalue weighted by Crippen LogP contribution is 2.36. The van der Waals surface area contributed by atoms with E-state index in [0.29, 0.717) is 11.3 Å². The number of ketones is 1. The summed E-state index contributed by atoms with van der Waals surface area (Å²) in [5.41, 5.74) is 2.15. The van der Waals surface area contributed by atoms with E-state index in [9.17, 15) is 9.59 Å². The van der Waals surface area contributed by atoms with Gasteiger partial charge < -0.3 is 5.32 Å². The van der Waals surface area contributed by atoms with Gasteiger partial charge in [0, 0.05) is 16.8 Å². The van der Waals surface area contributed by atoms with Crippen LogP contribution < -0.4 is 5.32 Å². The smallest absolute Gasteiger partial charge is 0.236 e. The molecule has 3 rings (SSSR count). The van der Waals surface area contributed by atoms with Gasteiger partial charge >= 0.3 is 0 Å². The van der Waals surface area contributed by atoms with Crippen LogP contribution in [0.2, 0.25) is 0 Å². The number of hydrogen-bond donors (Lipinski definition) is 2. The number of nitrogens with zero attached hydrogens (tertiary/aromatic N) is 1. The lowest BCUT2D eigenvalue weighted by Gasteiger charge is -2.15. The van der Waals surface area contributed by atoms with Crippen molar-refractivity contribution in [1.29, 1.82) is 0 Å². The van der Waals surface area contributed by atoms with Crippen LogP contribution in [0, 0.1) is 6.92 Å². The lowest BCUT2D eigenvalue weighted by atomic mass is 9.87. The largest absolute Gasteiger partial charge is 0.343 e. The summed E-state index contributed by atoms with van der Waals surface area (Å²) in [4.78, 5) is 24.8. The van der Waals surface area contributed by atoms with Gasteiger partial charge in [-0.1, -0.05) is 30.3 Å². The number of aryl methyl sites for hydroxylation is 1. The van der Waals surface area contributed by atoms with E-state index in [-0.39, 0.29) is 11.7 Å². The molecule has 1 aliphatic rings. The third-order valence-electron chi connectivity index (χ3n) is 3.91. The van der Waals surface area contributed by atoms with Crippen LogP contribution >= 0.6 is 0 Å². The molecule has 21 heavy (non-hydrogen) atoms. The zero-order valence-corrected chi connectivity index (χ0v) is 12.2. The molecule has 5 nitrogen and oxygen atoms in total. The average Bonchev–Trinajstić information content (AvgIpc) is 2.90.